The number of fused-ring (bicyclic) bond motifs is 16. The van der Waals surface area contributed by atoms with Gasteiger partial charge in [-0.15, -0.1) is 11.3 Å². The van der Waals surface area contributed by atoms with E-state index in [1.165, 1.54) is 76.0 Å². The van der Waals surface area contributed by atoms with Crippen LogP contribution in [0.15, 0.2) is 369 Å². The summed E-state index contributed by atoms with van der Waals surface area (Å²) < 4.78 is 12.4. The van der Waals surface area contributed by atoms with Crippen LogP contribution in [0.25, 0.3) is 219 Å². The molecule has 0 saturated heterocycles. The Morgan fingerprint density at radius 2 is 0.791 bits per heavy atom. The van der Waals surface area contributed by atoms with E-state index in [1.54, 1.807) is 17.5 Å². The minimum Gasteiger partial charge on any atom is -0.436 e. The molecule has 0 bridgehead atoms. The van der Waals surface area contributed by atoms with Gasteiger partial charge < -0.3 is 13.6 Å². The van der Waals surface area contributed by atoms with Crippen LogP contribution in [-0.2, 0) is 0 Å². The molecule has 9 nitrogen and oxygen atoms in total. The smallest absolute Gasteiger partial charge is 0.246 e. The number of thiophene rings is 1. The molecule has 110 heavy (non-hydrogen) atoms. The summed E-state index contributed by atoms with van der Waals surface area (Å²) in [6.07, 6.45) is 5.55. The third-order valence-electron chi connectivity index (χ3n) is 21.7. The minimum atomic E-state index is 0.530. The molecule has 0 aliphatic rings. The van der Waals surface area contributed by atoms with Gasteiger partial charge in [0.2, 0.25) is 5.71 Å². The van der Waals surface area contributed by atoms with Gasteiger partial charge in [-0.1, -0.05) is 231 Å². The van der Waals surface area contributed by atoms with Crippen LogP contribution in [0.5, 0.6) is 0 Å². The van der Waals surface area contributed by atoms with Crippen LogP contribution in [0, 0.1) is 0 Å². The number of furan rings is 1. The highest BCUT2D eigenvalue weighted by Crippen LogP contribution is 2.47. The second kappa shape index (κ2) is 25.6. The van der Waals surface area contributed by atoms with Gasteiger partial charge in [-0.2, -0.15) is 0 Å². The van der Waals surface area contributed by atoms with Crippen molar-refractivity contribution < 1.29 is 4.42 Å². The third kappa shape index (κ3) is 10.4. The average Bonchev–Trinajstić information content (AvgIpc) is 1.55. The van der Waals surface area contributed by atoms with Crippen LogP contribution in [0.1, 0.15) is 0 Å². The quantitative estimate of drug-likeness (QED) is 0.142. The molecule has 0 radical (unpaired) electrons. The monoisotopic (exact) mass is 1420 g/mol. The molecule has 0 atom stereocenters. The molecule has 0 aliphatic carbocycles. The van der Waals surface area contributed by atoms with Crippen LogP contribution in [0.2, 0.25) is 0 Å². The number of nitrogens with zero attached hydrogens (tertiary/aromatic N) is 8. The molecule has 15 aromatic carbocycles. The molecular formula is C100H60N8OS. The molecule has 0 N–H and O–H groups in total. The van der Waals surface area contributed by atoms with Crippen LogP contribution in [0.3, 0.4) is 0 Å². The van der Waals surface area contributed by atoms with E-state index in [4.69, 9.17) is 29.3 Å². The summed E-state index contributed by atoms with van der Waals surface area (Å²) in [5.74, 6) is 0. The first-order valence-electron chi connectivity index (χ1n) is 36.9. The van der Waals surface area contributed by atoms with Gasteiger partial charge in [-0.25, -0.2) is 19.9 Å². The summed E-state index contributed by atoms with van der Waals surface area (Å²) in [4.78, 5) is 32.0. The maximum absolute atomic E-state index is 6.46. The zero-order chi connectivity index (χ0) is 72.3. The Morgan fingerprint density at radius 1 is 0.273 bits per heavy atom. The number of aromatic nitrogens is 8. The average molecular weight is 1420 g/mol. The van der Waals surface area contributed by atoms with E-state index in [0.29, 0.717) is 5.71 Å². The van der Waals surface area contributed by atoms with Crippen LogP contribution in [0.4, 0.5) is 0 Å². The number of benzene rings is 15. The fraction of sp³-hybridized carbons (Fsp3) is 0. The van der Waals surface area contributed by atoms with Gasteiger partial charge in [-0.05, 0) is 181 Å². The maximum atomic E-state index is 6.46. The Balaban J connectivity index is 0.000000136. The highest BCUT2D eigenvalue weighted by Gasteiger charge is 2.25. The normalized spacial score (nSPS) is 11.8. The summed E-state index contributed by atoms with van der Waals surface area (Å²) in [7, 11) is 0. The first-order valence-corrected chi connectivity index (χ1v) is 37.8. The zero-order valence-corrected chi connectivity index (χ0v) is 59.9. The molecule has 0 amide bonds. The highest BCUT2D eigenvalue weighted by atomic mass is 32.1. The van der Waals surface area contributed by atoms with E-state index in [2.05, 4.69) is 330 Å². The summed E-state index contributed by atoms with van der Waals surface area (Å²) in [6, 6.07) is 123. The van der Waals surface area contributed by atoms with E-state index >= 15 is 0 Å². The molecule has 0 fully saturated rings. The van der Waals surface area contributed by atoms with Crippen LogP contribution in [-0.4, -0.2) is 39.0 Å². The van der Waals surface area contributed by atoms with Crippen LogP contribution >= 0.6 is 11.3 Å². The molecule has 0 unspecified atom stereocenters. The SMILES string of the molecule is c1ccc(-c2cc3sc4nc(-c5cccnc5)c(-c5ccc(-n6c7ccccc7c7cc8ccccc8cc76)c6cccnc56)nc4c3cc2-c2ccccc2)cc1.c1ccc(-c2nc3oc4cc(-c5ccc6ccccc6c5)ccc4c3nc2-c2ccc(-n3c4ccccc4c4cc5ccccc5cc43)cc2)cc1. The van der Waals surface area contributed by atoms with Gasteiger partial charge in [0.1, 0.15) is 27.1 Å². The second-order valence-electron chi connectivity index (χ2n) is 28.1. The molecule has 23 aromatic rings. The van der Waals surface area contributed by atoms with Crippen molar-refractivity contribution in [3.63, 3.8) is 0 Å². The van der Waals surface area contributed by atoms with Gasteiger partial charge in [0.05, 0.1) is 50.4 Å². The Labute approximate surface area is 634 Å². The van der Waals surface area contributed by atoms with Gasteiger partial charge in [-0.3, -0.25) is 9.97 Å². The number of hydrogen-bond acceptors (Lipinski definition) is 8. The van der Waals surface area contributed by atoms with Crippen molar-refractivity contribution in [3.05, 3.63) is 364 Å². The lowest BCUT2D eigenvalue weighted by Gasteiger charge is -2.15. The molecule has 0 saturated carbocycles. The highest BCUT2D eigenvalue weighted by molar-refractivity contribution is 7.25. The zero-order valence-electron chi connectivity index (χ0n) is 59.0. The van der Waals surface area contributed by atoms with Crippen LogP contribution < -0.4 is 0 Å². The number of rotatable bonds is 9. The minimum absolute atomic E-state index is 0.530. The van der Waals surface area contributed by atoms with Crippen molar-refractivity contribution in [3.8, 4) is 89.8 Å². The van der Waals surface area contributed by atoms with E-state index in [9.17, 15) is 0 Å². The van der Waals surface area contributed by atoms with Gasteiger partial charge in [0.25, 0.3) is 0 Å². The predicted molar refractivity (Wildman–Crippen MR) is 457 cm³/mol. The van der Waals surface area contributed by atoms with Crippen molar-refractivity contribution >= 4 is 141 Å². The fourth-order valence-corrected chi connectivity index (χ4v) is 17.5. The number of para-hydroxylation sites is 2. The van der Waals surface area contributed by atoms with Gasteiger partial charge in [0, 0.05) is 88.9 Å². The molecule has 512 valence electrons. The first kappa shape index (κ1) is 62.8. The largest absolute Gasteiger partial charge is 0.436 e. The summed E-state index contributed by atoms with van der Waals surface area (Å²) >= 11 is 1.68. The van der Waals surface area contributed by atoms with Gasteiger partial charge in [0.15, 0.2) is 0 Å². The molecule has 10 heteroatoms. The Kier molecular flexibility index (Phi) is 14.6. The Morgan fingerprint density at radius 3 is 1.47 bits per heavy atom. The van der Waals surface area contributed by atoms with Crippen molar-refractivity contribution in [2.75, 3.05) is 0 Å². The standard InChI is InChI=1S/C52H31N5S.C48H29N3O/c1-3-13-32(14-4-1)40-29-43-47(30-41(40)33-15-5-2-6-16-33)58-52-51(43)55-50(48(56-52)36-19-11-25-53-31-36)39-23-24-45(38-21-12-26-54-49(38)39)57-44-22-10-9-20-37(44)42-27-34-17-7-8-18-35(34)28-46(42)57;1-2-11-31(12-3-1)46-45(49-47-40-25-22-37(29-44(40)52-48(47)50-46)36-19-18-30-10-4-5-13-33(30)26-36)32-20-23-38(24-21-32)51-42-17-9-8-16-39(42)41-27-34-14-6-7-15-35(34)28-43(41)51/h1-31H;1-29H. The molecule has 0 aliphatic heterocycles. The lowest BCUT2D eigenvalue weighted by Crippen LogP contribution is -2.00. The van der Waals surface area contributed by atoms with E-state index in [-0.39, 0.29) is 0 Å². The van der Waals surface area contributed by atoms with Crippen molar-refractivity contribution in [2.45, 2.75) is 0 Å². The molecule has 8 aromatic heterocycles. The van der Waals surface area contributed by atoms with E-state index in [1.807, 2.05) is 42.7 Å². The Hall–Kier alpha value is -14.6. The van der Waals surface area contributed by atoms with E-state index in [0.717, 1.165) is 138 Å². The summed E-state index contributed by atoms with van der Waals surface area (Å²) in [6.45, 7) is 0. The van der Waals surface area contributed by atoms with Crippen molar-refractivity contribution in [1.82, 2.24) is 39.0 Å². The maximum Gasteiger partial charge on any atom is 0.246 e. The lowest BCUT2D eigenvalue weighted by atomic mass is 9.93. The number of hydrogen-bond donors (Lipinski definition) is 0. The lowest BCUT2D eigenvalue weighted by molar-refractivity contribution is 0.654. The van der Waals surface area contributed by atoms with Gasteiger partial charge >= 0.3 is 0 Å². The Bertz CT molecular complexity index is 7640. The van der Waals surface area contributed by atoms with E-state index < -0.39 is 0 Å². The molecule has 0 spiro atoms. The van der Waals surface area contributed by atoms with Crippen molar-refractivity contribution in [2.24, 2.45) is 0 Å². The molecular weight excluding hydrogens is 1360 g/mol. The fourth-order valence-electron chi connectivity index (χ4n) is 16.5. The topological polar surface area (TPSA) is 100 Å². The summed E-state index contributed by atoms with van der Waals surface area (Å²) in [5, 5.41) is 15.3. The van der Waals surface area contributed by atoms with Crippen molar-refractivity contribution in [1.29, 1.82) is 0 Å². The third-order valence-corrected chi connectivity index (χ3v) is 22.7. The molecule has 8 heterocycles. The summed E-state index contributed by atoms with van der Waals surface area (Å²) in [5.41, 5.74) is 24.5. The predicted octanol–water partition coefficient (Wildman–Crippen LogP) is 26.5. The molecule has 23 rings (SSSR count). The first-order chi connectivity index (χ1) is 54.5. The number of pyridine rings is 2. The second-order valence-corrected chi connectivity index (χ2v) is 29.1.